The lowest BCUT2D eigenvalue weighted by molar-refractivity contribution is -0.439. The predicted octanol–water partition coefficient (Wildman–Crippen LogP) is 20.1. The van der Waals surface area contributed by atoms with E-state index in [1.807, 2.05) is 12.1 Å². The van der Waals surface area contributed by atoms with Crippen LogP contribution in [0.25, 0.3) is 5.57 Å². The molecule has 1 unspecified atom stereocenters. The highest BCUT2D eigenvalue weighted by atomic mass is 16.3. The van der Waals surface area contributed by atoms with Gasteiger partial charge in [0.15, 0.2) is 5.78 Å². The van der Waals surface area contributed by atoms with Gasteiger partial charge in [-0.15, -0.1) is 5.76 Å². The highest BCUT2D eigenvalue weighted by molar-refractivity contribution is 6.29. The molecule has 0 fully saturated rings. The summed E-state index contributed by atoms with van der Waals surface area (Å²) in [6.07, 6.45) is 55.8. The highest BCUT2D eigenvalue weighted by Crippen LogP contribution is 2.42. The second-order valence-corrected chi connectivity index (χ2v) is 22.6. The molecule has 0 heterocycles. The van der Waals surface area contributed by atoms with E-state index in [9.17, 15) is 9.90 Å². The number of benzene rings is 3. The predicted molar refractivity (Wildman–Crippen MR) is 320 cm³/mol. The number of anilines is 2. The summed E-state index contributed by atoms with van der Waals surface area (Å²) in [6.45, 7) is 11.1. The molecule has 0 spiro atoms. The van der Waals surface area contributed by atoms with Gasteiger partial charge in [-0.05, 0) is 79.5 Å². The van der Waals surface area contributed by atoms with Gasteiger partial charge in [0.1, 0.15) is 6.54 Å². The van der Waals surface area contributed by atoms with Gasteiger partial charge in [0, 0.05) is 66.0 Å². The molecule has 0 amide bonds. The molecule has 0 saturated heterocycles. The molecule has 4 heteroatoms. The number of aryl methyl sites for hydroxylation is 2. The van der Waals surface area contributed by atoms with Crippen LogP contribution in [0, 0.1) is 11.8 Å². The van der Waals surface area contributed by atoms with Crippen molar-refractivity contribution in [1.29, 1.82) is 0 Å². The van der Waals surface area contributed by atoms with Gasteiger partial charge in [-0.3, -0.25) is 4.79 Å². The van der Waals surface area contributed by atoms with Crippen LogP contribution in [-0.2, 0) is 17.6 Å². The Morgan fingerprint density at radius 3 is 1.22 bits per heavy atom. The van der Waals surface area contributed by atoms with E-state index in [0.29, 0.717) is 5.57 Å². The van der Waals surface area contributed by atoms with Crippen LogP contribution in [0.15, 0.2) is 103 Å². The molecule has 1 atom stereocenters. The third-order valence-corrected chi connectivity index (χ3v) is 16.3. The van der Waals surface area contributed by atoms with Gasteiger partial charge in [-0.25, -0.2) is 0 Å². The number of hydrogen-bond donors (Lipinski definition) is 0. The zero-order chi connectivity index (χ0) is 52.3. The summed E-state index contributed by atoms with van der Waals surface area (Å²) in [4.78, 5) is 16.4. The Kier molecular flexibility index (Phi) is 30.8. The summed E-state index contributed by atoms with van der Waals surface area (Å²) in [6, 6.07) is 26.8. The molecule has 408 valence electrons. The van der Waals surface area contributed by atoms with Gasteiger partial charge in [0.05, 0.1) is 0 Å². The number of carbonyl (C=O) groups excluding carboxylic acids is 1. The fourth-order valence-electron chi connectivity index (χ4n) is 11.4. The van der Waals surface area contributed by atoms with Crippen molar-refractivity contribution in [2.45, 2.75) is 259 Å². The van der Waals surface area contributed by atoms with E-state index in [0.717, 1.165) is 55.7 Å². The number of hydrogen-bond acceptors (Lipinski definition) is 3. The Labute approximate surface area is 454 Å². The fraction of sp³-hybridized carbons (Fsp3) is 0.629. The molecule has 0 N–H and O–H groups in total. The summed E-state index contributed by atoms with van der Waals surface area (Å²) in [7, 11) is 0. The minimum atomic E-state index is -0.646. The van der Waals surface area contributed by atoms with E-state index in [-0.39, 0.29) is 17.5 Å². The normalized spacial score (nSPS) is 15.4. The lowest BCUT2D eigenvalue weighted by Crippen LogP contribution is -2.41. The summed E-state index contributed by atoms with van der Waals surface area (Å²) in [5.74, 6) is -0.922. The highest BCUT2D eigenvalue weighted by Gasteiger charge is 2.38. The van der Waals surface area contributed by atoms with Crippen molar-refractivity contribution >= 4 is 34.1 Å². The topological polar surface area (TPSA) is 46.4 Å². The SMILES string of the molecule is CCCCCCCCCCCN(c1ccc(CCCCCCCCCC)cc1)c1ccc(C2=C([O-])C(C3C=CC(=[N+](CCCCCCCCCCC)c4ccc(CCCCCCCCCC)cc4)C=C3)C2=O)cc1. The van der Waals surface area contributed by atoms with E-state index in [1.54, 1.807) is 0 Å². The maximum Gasteiger partial charge on any atom is 0.205 e. The molecular weight excluding hydrogens is 901 g/mol. The standard InChI is InChI=1S/C70H106N2O2/c1-5-9-13-17-21-25-29-33-37-57-71(63-49-41-59(42-50-63)39-35-31-27-23-19-15-11-7-3)65-53-45-61(46-54-65)67-69(73)68(70(67)74)62-47-55-66(56-48-62)72(58-38-34-30-26-22-18-14-10-6-2)64-51-43-60(44-52-64)40-36-32-28-24-20-16-12-8-4/h41-56,61,67H,5-40,57-58H2,1-4H3. The van der Waals surface area contributed by atoms with Crippen molar-refractivity contribution < 1.29 is 14.5 Å². The fourth-order valence-corrected chi connectivity index (χ4v) is 11.4. The first-order valence-electron chi connectivity index (χ1n) is 31.5. The number of unbranched alkanes of at least 4 members (excludes halogenated alkanes) is 30. The molecule has 4 nitrogen and oxygen atoms in total. The van der Waals surface area contributed by atoms with Crippen molar-refractivity contribution in [2.75, 3.05) is 18.0 Å². The number of ketones is 1. The van der Waals surface area contributed by atoms with E-state index in [4.69, 9.17) is 0 Å². The van der Waals surface area contributed by atoms with Crippen LogP contribution in [0.5, 0.6) is 0 Å². The maximum atomic E-state index is 14.0. The summed E-state index contributed by atoms with van der Waals surface area (Å²) in [5, 5.41) is 14.0. The van der Waals surface area contributed by atoms with Crippen molar-refractivity contribution in [3.8, 4) is 0 Å². The molecule has 74 heavy (non-hydrogen) atoms. The van der Waals surface area contributed by atoms with Crippen LogP contribution in [-0.4, -0.2) is 29.2 Å². The monoisotopic (exact) mass is 1010 g/mol. The lowest BCUT2D eigenvalue weighted by atomic mass is 9.71. The second-order valence-electron chi connectivity index (χ2n) is 22.6. The Bertz CT molecular complexity index is 2060. The van der Waals surface area contributed by atoms with E-state index >= 15 is 0 Å². The maximum absolute atomic E-state index is 14.0. The number of nitrogens with zero attached hydrogens (tertiary/aromatic N) is 2. The van der Waals surface area contributed by atoms with Crippen molar-refractivity contribution in [3.63, 3.8) is 0 Å². The van der Waals surface area contributed by atoms with Crippen molar-refractivity contribution in [1.82, 2.24) is 0 Å². The number of allylic oxidation sites excluding steroid dienone is 6. The van der Waals surface area contributed by atoms with E-state index < -0.39 is 5.92 Å². The molecule has 0 aromatic heterocycles. The molecule has 0 saturated carbocycles. The lowest BCUT2D eigenvalue weighted by Gasteiger charge is -2.40. The van der Waals surface area contributed by atoms with Gasteiger partial charge >= 0.3 is 0 Å². The third-order valence-electron chi connectivity index (χ3n) is 16.3. The smallest absolute Gasteiger partial charge is 0.205 e. The molecule has 0 radical (unpaired) electrons. The Morgan fingerprint density at radius 1 is 0.432 bits per heavy atom. The zero-order valence-corrected chi connectivity index (χ0v) is 48.0. The Hall–Kier alpha value is -4.18. The molecule has 3 aromatic rings. The van der Waals surface area contributed by atoms with Gasteiger partial charge in [-0.1, -0.05) is 262 Å². The summed E-state index contributed by atoms with van der Waals surface area (Å²) < 4.78 is 2.46. The van der Waals surface area contributed by atoms with Crippen molar-refractivity contribution in [3.05, 3.63) is 120 Å². The first-order chi connectivity index (χ1) is 36.5. The molecular formula is C70H106N2O2. The van der Waals surface area contributed by atoms with Gasteiger partial charge in [-0.2, -0.15) is 4.58 Å². The Morgan fingerprint density at radius 2 is 0.797 bits per heavy atom. The van der Waals surface area contributed by atoms with Gasteiger partial charge < -0.3 is 10.0 Å². The minimum Gasteiger partial charge on any atom is -0.874 e. The van der Waals surface area contributed by atoms with Crippen LogP contribution in [0.4, 0.5) is 17.1 Å². The molecule has 2 aliphatic rings. The molecule has 2 aliphatic carbocycles. The van der Waals surface area contributed by atoms with E-state index in [2.05, 4.69) is 122 Å². The summed E-state index contributed by atoms with van der Waals surface area (Å²) >= 11 is 0. The number of Topliss-reactive ketones (excluding diaryl/α,β-unsaturated/α-hetero) is 1. The van der Waals surface area contributed by atoms with Crippen LogP contribution >= 0.6 is 0 Å². The van der Waals surface area contributed by atoms with Crippen LogP contribution < -0.4 is 10.0 Å². The zero-order valence-electron chi connectivity index (χ0n) is 48.0. The van der Waals surface area contributed by atoms with Crippen LogP contribution in [0.2, 0.25) is 0 Å². The van der Waals surface area contributed by atoms with Gasteiger partial charge in [0.25, 0.3) is 0 Å². The molecule has 0 aliphatic heterocycles. The van der Waals surface area contributed by atoms with Crippen molar-refractivity contribution in [2.24, 2.45) is 11.8 Å². The van der Waals surface area contributed by atoms with Crippen LogP contribution in [0.1, 0.15) is 263 Å². The number of carbonyl (C=O) groups is 1. The first-order valence-corrected chi connectivity index (χ1v) is 31.5. The summed E-state index contributed by atoms with van der Waals surface area (Å²) in [5.41, 5.74) is 8.65. The first kappa shape index (κ1) is 60.7. The quantitative estimate of drug-likeness (QED) is 0.0419. The Balaban J connectivity index is 1.22. The molecule has 0 bridgehead atoms. The largest absolute Gasteiger partial charge is 0.874 e. The average Bonchev–Trinajstić information content (AvgIpc) is 3.42. The van der Waals surface area contributed by atoms with Crippen LogP contribution in [0.3, 0.4) is 0 Å². The average molecular weight is 1010 g/mol. The van der Waals surface area contributed by atoms with Gasteiger partial charge in [0.2, 0.25) is 11.4 Å². The number of rotatable bonds is 43. The van der Waals surface area contributed by atoms with E-state index in [1.165, 1.54) is 228 Å². The molecule has 5 rings (SSSR count). The molecule has 3 aromatic carbocycles. The third kappa shape index (κ3) is 21.8. The second kappa shape index (κ2) is 37.5. The minimum absolute atomic E-state index is 0.0252.